The van der Waals surface area contributed by atoms with Crippen molar-refractivity contribution in [3.8, 4) is 11.3 Å². The first-order valence-electron chi connectivity index (χ1n) is 10.1. The zero-order valence-electron chi connectivity index (χ0n) is 16.6. The Morgan fingerprint density at radius 1 is 1.07 bits per heavy atom. The average Bonchev–Trinajstić information content (AvgIpc) is 2.94. The number of fused-ring (bicyclic) bond motifs is 1. The maximum absolute atomic E-state index is 4.77. The van der Waals surface area contributed by atoms with E-state index in [0.29, 0.717) is 11.3 Å². The number of hydrogen-bond acceptors (Lipinski definition) is 3. The van der Waals surface area contributed by atoms with Gasteiger partial charge in [-0.1, -0.05) is 25.5 Å². The number of nitrogens with zero attached hydrogens (tertiary/aromatic N) is 4. The van der Waals surface area contributed by atoms with Gasteiger partial charge in [-0.3, -0.25) is 4.98 Å². The summed E-state index contributed by atoms with van der Waals surface area (Å²) in [6.45, 7) is 8.07. The van der Waals surface area contributed by atoms with Gasteiger partial charge in [0.2, 0.25) is 0 Å². The van der Waals surface area contributed by atoms with Gasteiger partial charge in [0.15, 0.2) is 0 Å². The van der Waals surface area contributed by atoms with Crippen LogP contribution in [0.1, 0.15) is 43.6 Å². The van der Waals surface area contributed by atoms with Crippen molar-refractivity contribution in [3.05, 3.63) is 48.2 Å². The van der Waals surface area contributed by atoms with E-state index in [0.717, 1.165) is 24.6 Å². The summed E-state index contributed by atoms with van der Waals surface area (Å²) in [6, 6.07) is 8.93. The van der Waals surface area contributed by atoms with Gasteiger partial charge in [-0.2, -0.15) is 0 Å². The first kappa shape index (κ1) is 16.9. The van der Waals surface area contributed by atoms with E-state index >= 15 is 0 Å². The number of hydrogen-bond donors (Lipinski definition) is 0. The standard InChI is InChI=1S/C23H28N4/c1-16-24-12-22(26(16)3)17-5-6-18-11-25-21(10-19(18)9-17)20-13-27(14-20)15-23(2)7-4-8-23/h5-6,9-12,20H,4,7-8,13-15H2,1-3H3. The molecule has 1 saturated heterocycles. The van der Waals surface area contributed by atoms with Crippen LogP contribution >= 0.6 is 0 Å². The Morgan fingerprint density at radius 2 is 1.89 bits per heavy atom. The van der Waals surface area contributed by atoms with Crippen molar-refractivity contribution in [2.45, 2.75) is 39.0 Å². The van der Waals surface area contributed by atoms with Gasteiger partial charge in [0.25, 0.3) is 0 Å². The molecule has 1 saturated carbocycles. The number of imidazole rings is 1. The van der Waals surface area contributed by atoms with Crippen molar-refractivity contribution < 1.29 is 0 Å². The number of rotatable bonds is 4. The number of aryl methyl sites for hydroxylation is 1. The Bertz CT molecular complexity index is 993. The van der Waals surface area contributed by atoms with Crippen LogP contribution in [0.5, 0.6) is 0 Å². The molecule has 140 valence electrons. The molecule has 2 aliphatic rings. The summed E-state index contributed by atoms with van der Waals surface area (Å²) in [5.41, 5.74) is 4.21. The molecule has 4 nitrogen and oxygen atoms in total. The zero-order chi connectivity index (χ0) is 18.6. The molecule has 1 aliphatic carbocycles. The van der Waals surface area contributed by atoms with Crippen LogP contribution in [0.25, 0.3) is 22.0 Å². The third-order valence-corrected chi connectivity index (χ3v) is 6.80. The third-order valence-electron chi connectivity index (χ3n) is 6.80. The van der Waals surface area contributed by atoms with Crippen LogP contribution in [-0.4, -0.2) is 39.1 Å². The molecule has 0 N–H and O–H groups in total. The van der Waals surface area contributed by atoms with E-state index in [4.69, 9.17) is 4.98 Å². The fourth-order valence-corrected chi connectivity index (χ4v) is 4.68. The summed E-state index contributed by atoms with van der Waals surface area (Å²) in [5.74, 6) is 1.62. The SMILES string of the molecule is Cc1ncc(-c2ccc3cnc(C4CN(CC5(C)CCC5)C4)cc3c2)n1C. The molecule has 0 atom stereocenters. The molecule has 4 heteroatoms. The highest BCUT2D eigenvalue weighted by molar-refractivity contribution is 5.86. The Morgan fingerprint density at radius 3 is 2.56 bits per heavy atom. The van der Waals surface area contributed by atoms with Crippen LogP contribution in [-0.2, 0) is 7.05 Å². The first-order valence-corrected chi connectivity index (χ1v) is 10.1. The van der Waals surface area contributed by atoms with Gasteiger partial charge in [-0.15, -0.1) is 0 Å². The van der Waals surface area contributed by atoms with Crippen molar-refractivity contribution >= 4 is 10.8 Å². The van der Waals surface area contributed by atoms with Crippen LogP contribution in [0, 0.1) is 12.3 Å². The van der Waals surface area contributed by atoms with E-state index in [1.807, 2.05) is 19.3 Å². The molecule has 2 aromatic heterocycles. The predicted molar refractivity (Wildman–Crippen MR) is 110 cm³/mol. The van der Waals surface area contributed by atoms with Gasteiger partial charge >= 0.3 is 0 Å². The molecule has 3 heterocycles. The number of aromatic nitrogens is 3. The predicted octanol–water partition coefficient (Wildman–Crippen LogP) is 4.53. The fraction of sp³-hybridized carbons (Fsp3) is 0.478. The zero-order valence-corrected chi connectivity index (χ0v) is 16.6. The van der Waals surface area contributed by atoms with E-state index in [1.54, 1.807) is 0 Å². The molecule has 3 aromatic rings. The lowest BCUT2D eigenvalue weighted by molar-refractivity contribution is 0.0384. The van der Waals surface area contributed by atoms with Crippen molar-refractivity contribution in [2.24, 2.45) is 12.5 Å². The van der Waals surface area contributed by atoms with Crippen molar-refractivity contribution in [1.82, 2.24) is 19.4 Å². The molecule has 0 amide bonds. The topological polar surface area (TPSA) is 34.0 Å². The number of benzene rings is 1. The lowest BCUT2D eigenvalue weighted by Crippen LogP contribution is -2.51. The molecule has 1 aliphatic heterocycles. The largest absolute Gasteiger partial charge is 0.331 e. The normalized spacial score (nSPS) is 19.8. The molecule has 0 bridgehead atoms. The number of pyridine rings is 1. The Hall–Kier alpha value is -2.20. The summed E-state index contributed by atoms with van der Waals surface area (Å²) in [4.78, 5) is 11.8. The van der Waals surface area contributed by atoms with Gasteiger partial charge < -0.3 is 9.47 Å². The second-order valence-electron chi connectivity index (χ2n) is 8.98. The van der Waals surface area contributed by atoms with Gasteiger partial charge in [0.05, 0.1) is 11.9 Å². The fourth-order valence-electron chi connectivity index (χ4n) is 4.68. The Kier molecular flexibility index (Phi) is 3.87. The minimum absolute atomic E-state index is 0.581. The average molecular weight is 361 g/mol. The molecule has 0 radical (unpaired) electrons. The molecular formula is C23H28N4. The monoisotopic (exact) mass is 360 g/mol. The summed E-state index contributed by atoms with van der Waals surface area (Å²) in [5, 5.41) is 2.49. The minimum atomic E-state index is 0.581. The van der Waals surface area contributed by atoms with E-state index in [1.165, 1.54) is 47.8 Å². The summed E-state index contributed by atoms with van der Waals surface area (Å²) >= 11 is 0. The molecule has 27 heavy (non-hydrogen) atoms. The number of likely N-dealkylation sites (tertiary alicyclic amines) is 1. The van der Waals surface area contributed by atoms with Crippen molar-refractivity contribution in [3.63, 3.8) is 0 Å². The van der Waals surface area contributed by atoms with Crippen LogP contribution in [0.4, 0.5) is 0 Å². The molecule has 0 unspecified atom stereocenters. The Balaban J connectivity index is 1.36. The molecular weight excluding hydrogens is 332 g/mol. The third kappa shape index (κ3) is 2.96. The van der Waals surface area contributed by atoms with Gasteiger partial charge in [0, 0.05) is 55.4 Å². The summed E-state index contributed by atoms with van der Waals surface area (Å²) < 4.78 is 2.15. The van der Waals surface area contributed by atoms with E-state index in [9.17, 15) is 0 Å². The van der Waals surface area contributed by atoms with Crippen molar-refractivity contribution in [1.29, 1.82) is 0 Å². The van der Waals surface area contributed by atoms with E-state index < -0.39 is 0 Å². The van der Waals surface area contributed by atoms with Gasteiger partial charge in [0.1, 0.15) is 5.82 Å². The highest BCUT2D eigenvalue weighted by atomic mass is 15.2. The van der Waals surface area contributed by atoms with E-state index in [2.05, 4.69) is 52.7 Å². The van der Waals surface area contributed by atoms with Crippen LogP contribution in [0.15, 0.2) is 36.7 Å². The summed E-state index contributed by atoms with van der Waals surface area (Å²) in [7, 11) is 2.07. The minimum Gasteiger partial charge on any atom is -0.331 e. The molecule has 0 spiro atoms. The van der Waals surface area contributed by atoms with Crippen LogP contribution in [0.2, 0.25) is 0 Å². The van der Waals surface area contributed by atoms with E-state index in [-0.39, 0.29) is 0 Å². The molecule has 1 aromatic carbocycles. The van der Waals surface area contributed by atoms with Crippen LogP contribution < -0.4 is 0 Å². The molecule has 5 rings (SSSR count). The maximum Gasteiger partial charge on any atom is 0.105 e. The smallest absolute Gasteiger partial charge is 0.105 e. The van der Waals surface area contributed by atoms with Gasteiger partial charge in [-0.25, -0.2) is 4.98 Å². The van der Waals surface area contributed by atoms with Crippen LogP contribution in [0.3, 0.4) is 0 Å². The highest BCUT2D eigenvalue weighted by Gasteiger charge is 2.38. The summed E-state index contributed by atoms with van der Waals surface area (Å²) in [6.07, 6.45) is 8.22. The Labute approximate surface area is 161 Å². The second-order valence-corrected chi connectivity index (χ2v) is 8.98. The highest BCUT2D eigenvalue weighted by Crippen LogP contribution is 2.42. The first-order chi connectivity index (χ1) is 13.0. The molecule has 2 fully saturated rings. The lowest BCUT2D eigenvalue weighted by atomic mass is 9.69. The van der Waals surface area contributed by atoms with Gasteiger partial charge in [-0.05, 0) is 42.7 Å². The maximum atomic E-state index is 4.77. The quantitative estimate of drug-likeness (QED) is 0.685. The lowest BCUT2D eigenvalue weighted by Gasteiger charge is -2.48. The second kappa shape index (κ2) is 6.16. The van der Waals surface area contributed by atoms with Crippen molar-refractivity contribution in [2.75, 3.05) is 19.6 Å².